The van der Waals surface area contributed by atoms with Crippen molar-refractivity contribution < 1.29 is 9.52 Å². The van der Waals surface area contributed by atoms with Crippen LogP contribution in [-0.4, -0.2) is 29.2 Å². The van der Waals surface area contributed by atoms with Crippen LogP contribution in [0.15, 0.2) is 51.7 Å². The Hall–Kier alpha value is -3.06. The van der Waals surface area contributed by atoms with E-state index in [9.17, 15) is 9.90 Å². The average molecular weight is 381 g/mol. The van der Waals surface area contributed by atoms with Crippen molar-refractivity contribution in [3.63, 3.8) is 0 Å². The summed E-state index contributed by atoms with van der Waals surface area (Å²) in [5, 5.41) is 9.75. The van der Waals surface area contributed by atoms with E-state index in [1.165, 1.54) is 0 Å². The second-order valence-corrected chi connectivity index (χ2v) is 7.68. The number of thiazole rings is 1. The lowest BCUT2D eigenvalue weighted by molar-refractivity contribution is 0.451. The first kappa shape index (κ1) is 17.4. The molecule has 2 heterocycles. The largest absolute Gasteiger partial charge is 0.494 e. The van der Waals surface area contributed by atoms with Crippen LogP contribution < -0.4 is 9.77 Å². The number of fused-ring (bicyclic) bond motifs is 1. The number of aromatic hydroxyl groups is 1. The predicted octanol–water partition coefficient (Wildman–Crippen LogP) is 3.53. The van der Waals surface area contributed by atoms with E-state index in [0.29, 0.717) is 23.6 Å². The van der Waals surface area contributed by atoms with Gasteiger partial charge in [0.2, 0.25) is 5.88 Å². The summed E-state index contributed by atoms with van der Waals surface area (Å²) in [5.74, 6) is 0.598. The zero-order chi connectivity index (χ0) is 19.0. The van der Waals surface area contributed by atoms with E-state index in [1.807, 2.05) is 32.3 Å². The molecule has 2 aromatic carbocycles. The van der Waals surface area contributed by atoms with Crippen LogP contribution in [0, 0.1) is 0 Å². The highest BCUT2D eigenvalue weighted by molar-refractivity contribution is 7.09. The molecule has 0 unspecified atom stereocenters. The lowest BCUT2D eigenvalue weighted by Gasteiger charge is -2.12. The summed E-state index contributed by atoms with van der Waals surface area (Å²) in [5.41, 5.74) is 4.74. The first-order chi connectivity index (χ1) is 13.0. The molecule has 0 saturated heterocycles. The van der Waals surface area contributed by atoms with Crippen LogP contribution in [-0.2, 0) is 12.8 Å². The zero-order valence-electron chi connectivity index (χ0n) is 15.0. The molecule has 0 spiro atoms. The molecule has 0 aliphatic rings. The highest BCUT2D eigenvalue weighted by Crippen LogP contribution is 2.24. The maximum absolute atomic E-state index is 11.3. The van der Waals surface area contributed by atoms with Crippen LogP contribution >= 0.6 is 11.3 Å². The number of rotatable bonds is 5. The van der Waals surface area contributed by atoms with E-state index in [-0.39, 0.29) is 10.8 Å². The molecule has 0 fully saturated rings. The summed E-state index contributed by atoms with van der Waals surface area (Å²) in [6.45, 7) is 0. The standard InChI is InChI=1S/C20H19N3O3S/c1-23(2)14-6-3-12(4-7-14)11-18-21-15-9-13(5-8-16(15)26-18)10-17-19(24)22-20(25)27-17/h3-9,24H,10-11H2,1-2H3,(H,22,25). The summed E-state index contributed by atoms with van der Waals surface area (Å²) in [6.07, 6.45) is 1.09. The van der Waals surface area contributed by atoms with Crippen LogP contribution in [0.4, 0.5) is 5.69 Å². The second-order valence-electron chi connectivity index (χ2n) is 6.61. The fourth-order valence-electron chi connectivity index (χ4n) is 2.95. The third-order valence-electron chi connectivity index (χ3n) is 4.37. The van der Waals surface area contributed by atoms with Gasteiger partial charge >= 0.3 is 4.87 Å². The van der Waals surface area contributed by atoms with Gasteiger partial charge in [-0.15, -0.1) is 0 Å². The van der Waals surface area contributed by atoms with E-state index in [4.69, 9.17) is 4.42 Å². The molecular weight excluding hydrogens is 362 g/mol. The molecule has 0 radical (unpaired) electrons. The lowest BCUT2D eigenvalue weighted by atomic mass is 10.1. The molecule has 0 amide bonds. The topological polar surface area (TPSA) is 82.4 Å². The van der Waals surface area contributed by atoms with Crippen molar-refractivity contribution in [2.75, 3.05) is 19.0 Å². The van der Waals surface area contributed by atoms with Gasteiger partial charge in [-0.3, -0.25) is 9.78 Å². The van der Waals surface area contributed by atoms with Gasteiger partial charge in [0.15, 0.2) is 11.5 Å². The van der Waals surface area contributed by atoms with E-state index in [2.05, 4.69) is 39.1 Å². The van der Waals surface area contributed by atoms with Gasteiger partial charge < -0.3 is 14.4 Å². The number of nitrogens with zero attached hydrogens (tertiary/aromatic N) is 2. The molecule has 0 atom stereocenters. The second kappa shape index (κ2) is 6.92. The summed E-state index contributed by atoms with van der Waals surface area (Å²) >= 11 is 1.02. The fourth-order valence-corrected chi connectivity index (χ4v) is 3.71. The SMILES string of the molecule is CN(C)c1ccc(Cc2nc3cc(Cc4sc(=O)[nH]c4O)ccc3o2)cc1. The Kier molecular flexibility index (Phi) is 4.45. The maximum Gasteiger partial charge on any atom is 0.307 e. The number of benzene rings is 2. The van der Waals surface area contributed by atoms with E-state index in [0.717, 1.165) is 39.3 Å². The number of aromatic amines is 1. The van der Waals surface area contributed by atoms with Gasteiger partial charge in [0.25, 0.3) is 0 Å². The van der Waals surface area contributed by atoms with Crippen molar-refractivity contribution in [1.29, 1.82) is 0 Å². The quantitative estimate of drug-likeness (QED) is 0.553. The molecule has 0 saturated carbocycles. The van der Waals surface area contributed by atoms with E-state index >= 15 is 0 Å². The molecular formula is C20H19N3O3S. The molecule has 0 bridgehead atoms. The number of anilines is 1. The number of nitrogens with one attached hydrogen (secondary N) is 1. The number of hydrogen-bond donors (Lipinski definition) is 2. The normalized spacial score (nSPS) is 11.2. The van der Waals surface area contributed by atoms with Gasteiger partial charge in [0, 0.05) is 32.6 Å². The molecule has 4 aromatic rings. The smallest absolute Gasteiger partial charge is 0.307 e. The highest BCUT2D eigenvalue weighted by Gasteiger charge is 2.11. The van der Waals surface area contributed by atoms with E-state index < -0.39 is 0 Å². The third kappa shape index (κ3) is 3.73. The van der Waals surface area contributed by atoms with Gasteiger partial charge in [0.05, 0.1) is 4.88 Å². The van der Waals surface area contributed by atoms with Gasteiger partial charge in [-0.05, 0) is 35.4 Å². The maximum atomic E-state index is 11.3. The molecule has 2 aromatic heterocycles. The zero-order valence-corrected chi connectivity index (χ0v) is 15.8. The summed E-state index contributed by atoms with van der Waals surface area (Å²) in [4.78, 5) is 20.7. The van der Waals surface area contributed by atoms with Gasteiger partial charge in [-0.2, -0.15) is 0 Å². The Bertz CT molecular complexity index is 1140. The molecule has 0 aliphatic heterocycles. The molecule has 2 N–H and O–H groups in total. The Morgan fingerprint density at radius 3 is 2.52 bits per heavy atom. The molecule has 138 valence electrons. The molecule has 0 aliphatic carbocycles. The predicted molar refractivity (Wildman–Crippen MR) is 107 cm³/mol. The Labute approximate surface area is 159 Å². The Morgan fingerprint density at radius 1 is 1.11 bits per heavy atom. The van der Waals surface area contributed by atoms with Crippen molar-refractivity contribution in [3.05, 3.63) is 74.0 Å². The van der Waals surface area contributed by atoms with Crippen LogP contribution in [0.5, 0.6) is 5.88 Å². The summed E-state index contributed by atoms with van der Waals surface area (Å²) in [6, 6.07) is 14.0. The number of aromatic nitrogens is 2. The Morgan fingerprint density at radius 2 is 1.85 bits per heavy atom. The van der Waals surface area contributed by atoms with Crippen LogP contribution in [0.3, 0.4) is 0 Å². The first-order valence-corrected chi connectivity index (χ1v) is 9.35. The third-order valence-corrected chi connectivity index (χ3v) is 5.24. The van der Waals surface area contributed by atoms with Gasteiger partial charge in [0.1, 0.15) is 5.52 Å². The Balaban J connectivity index is 1.55. The van der Waals surface area contributed by atoms with Gasteiger partial charge in [-0.1, -0.05) is 29.5 Å². The first-order valence-electron chi connectivity index (χ1n) is 8.53. The van der Waals surface area contributed by atoms with Crippen molar-refractivity contribution in [2.24, 2.45) is 0 Å². The van der Waals surface area contributed by atoms with Crippen LogP contribution in [0.1, 0.15) is 21.9 Å². The minimum Gasteiger partial charge on any atom is -0.494 e. The van der Waals surface area contributed by atoms with Crippen molar-refractivity contribution >= 4 is 28.1 Å². The van der Waals surface area contributed by atoms with Gasteiger partial charge in [-0.25, -0.2) is 4.98 Å². The minimum absolute atomic E-state index is 0.0629. The molecule has 27 heavy (non-hydrogen) atoms. The van der Waals surface area contributed by atoms with Crippen molar-refractivity contribution in [3.8, 4) is 5.88 Å². The van der Waals surface area contributed by atoms with Crippen molar-refractivity contribution in [1.82, 2.24) is 9.97 Å². The molecule has 4 rings (SSSR count). The number of oxazole rings is 1. The average Bonchev–Trinajstić information content (AvgIpc) is 3.17. The highest BCUT2D eigenvalue weighted by atomic mass is 32.1. The monoisotopic (exact) mass is 381 g/mol. The summed E-state index contributed by atoms with van der Waals surface area (Å²) < 4.78 is 5.86. The van der Waals surface area contributed by atoms with E-state index in [1.54, 1.807) is 0 Å². The number of hydrogen-bond acceptors (Lipinski definition) is 6. The van der Waals surface area contributed by atoms with Crippen LogP contribution in [0.25, 0.3) is 11.1 Å². The summed E-state index contributed by atoms with van der Waals surface area (Å²) in [7, 11) is 4.03. The number of H-pyrrole nitrogens is 1. The molecule has 6 nitrogen and oxygen atoms in total. The van der Waals surface area contributed by atoms with Crippen molar-refractivity contribution in [2.45, 2.75) is 12.8 Å². The minimum atomic E-state index is -0.257. The molecule has 7 heteroatoms. The van der Waals surface area contributed by atoms with Crippen LogP contribution in [0.2, 0.25) is 0 Å². The fraction of sp³-hybridized carbons (Fsp3) is 0.200. The lowest BCUT2D eigenvalue weighted by Crippen LogP contribution is -2.08.